The number of para-hydroxylation sites is 2. The topological polar surface area (TPSA) is 8.81 Å². The Balaban J connectivity index is 0.0000115. The summed E-state index contributed by atoms with van der Waals surface area (Å²) in [6.45, 7) is 4.62. The summed E-state index contributed by atoms with van der Waals surface area (Å²) in [5.41, 5.74) is 2.80. The maximum atomic E-state index is 2.63. The number of imidazole rings is 1. The molecule has 0 N–H and O–H groups in total. The van der Waals surface area contributed by atoms with Crippen LogP contribution < -0.4 is 17.0 Å². The molecule has 0 unspecified atom stereocenters. The Kier molecular flexibility index (Phi) is 31.1. The molecule has 0 saturated heterocycles. The number of unbranched alkanes of at least 4 members (excludes halogenated alkanes) is 30. The van der Waals surface area contributed by atoms with E-state index in [1.54, 1.807) is 0 Å². The van der Waals surface area contributed by atoms with Crippen LogP contribution in [0.15, 0.2) is 30.6 Å². The molecule has 0 radical (unpaired) electrons. The number of hydrogen-bond acceptors (Lipinski definition) is 0. The van der Waals surface area contributed by atoms with Crippen LogP contribution in [0.25, 0.3) is 11.0 Å². The standard InChI is InChI=1S/C45H83N2.ClH/c1-4-6-8-10-12-14-16-18-20-22-24-26-28-30-32-34-38-43(47-42-46(3)44-40-36-37-41-45(44)47)39-35-33-31-29-27-25-23-21-19-17-15-13-11-9-7-5-2;/h36-37,40-43H,4-35,38-39H2,1-3H3;1H/q+1;/p-1. The minimum atomic E-state index is 0. The maximum Gasteiger partial charge on any atom is 0.244 e. The van der Waals surface area contributed by atoms with Gasteiger partial charge in [-0.3, -0.25) is 0 Å². The normalized spacial score (nSPS) is 11.6. The molecule has 0 aliphatic carbocycles. The Morgan fingerprint density at radius 3 is 1.06 bits per heavy atom. The summed E-state index contributed by atoms with van der Waals surface area (Å²) in [6.07, 6.45) is 51.4. The Morgan fingerprint density at radius 2 is 0.729 bits per heavy atom. The van der Waals surface area contributed by atoms with Crippen LogP contribution in [0, 0.1) is 0 Å². The summed E-state index contributed by atoms with van der Waals surface area (Å²) in [5.74, 6) is 0. The van der Waals surface area contributed by atoms with Crippen molar-refractivity contribution in [1.29, 1.82) is 0 Å². The van der Waals surface area contributed by atoms with Gasteiger partial charge in [-0.2, -0.15) is 0 Å². The molecular weight excluding hydrogens is 604 g/mol. The van der Waals surface area contributed by atoms with Gasteiger partial charge in [-0.05, 0) is 37.8 Å². The van der Waals surface area contributed by atoms with Gasteiger partial charge in [-0.1, -0.05) is 219 Å². The third-order valence-electron chi connectivity index (χ3n) is 11.0. The van der Waals surface area contributed by atoms with Gasteiger partial charge in [0.2, 0.25) is 6.33 Å². The molecule has 0 saturated carbocycles. The molecule has 0 fully saturated rings. The van der Waals surface area contributed by atoms with Crippen LogP contribution >= 0.6 is 0 Å². The van der Waals surface area contributed by atoms with Crippen LogP contribution in [0.3, 0.4) is 0 Å². The molecule has 280 valence electrons. The molecular formula is C45H83ClN2. The monoisotopic (exact) mass is 687 g/mol. The van der Waals surface area contributed by atoms with Crippen LogP contribution in [0.2, 0.25) is 0 Å². The Labute approximate surface area is 307 Å². The lowest BCUT2D eigenvalue weighted by Crippen LogP contribution is -3.00. The lowest BCUT2D eigenvalue weighted by Gasteiger charge is -2.15. The fourth-order valence-electron chi connectivity index (χ4n) is 7.86. The first kappa shape index (κ1) is 45.0. The van der Waals surface area contributed by atoms with Crippen molar-refractivity contribution in [2.75, 3.05) is 0 Å². The van der Waals surface area contributed by atoms with Gasteiger partial charge in [0.25, 0.3) is 0 Å². The molecule has 0 aliphatic heterocycles. The molecule has 0 bridgehead atoms. The predicted octanol–water partition coefficient (Wildman–Crippen LogP) is 12.3. The second-order valence-electron chi connectivity index (χ2n) is 15.5. The SMILES string of the molecule is CCCCCCCCCCCCCCCCCCC(CCCCCCCCCCCCCCCCCC)n1c[n+](C)c2ccccc21.[Cl-]. The summed E-state index contributed by atoms with van der Waals surface area (Å²) in [5, 5.41) is 0. The second-order valence-corrected chi connectivity index (χ2v) is 15.5. The van der Waals surface area contributed by atoms with E-state index in [0.29, 0.717) is 6.04 Å². The van der Waals surface area contributed by atoms with Gasteiger partial charge in [0, 0.05) is 0 Å². The number of fused-ring (bicyclic) bond motifs is 1. The van der Waals surface area contributed by atoms with Crippen LogP contribution in [-0.2, 0) is 7.05 Å². The van der Waals surface area contributed by atoms with Crippen molar-refractivity contribution >= 4 is 11.0 Å². The number of nitrogens with zero attached hydrogens (tertiary/aromatic N) is 2. The van der Waals surface area contributed by atoms with E-state index in [1.807, 2.05) is 0 Å². The minimum Gasteiger partial charge on any atom is -1.00 e. The number of halogens is 1. The van der Waals surface area contributed by atoms with Crippen molar-refractivity contribution in [3.63, 3.8) is 0 Å². The van der Waals surface area contributed by atoms with Crippen LogP contribution in [-0.4, -0.2) is 4.57 Å². The summed E-state index contributed by atoms with van der Waals surface area (Å²) in [6, 6.07) is 9.68. The highest BCUT2D eigenvalue weighted by atomic mass is 35.5. The first-order chi connectivity index (χ1) is 23.3. The zero-order chi connectivity index (χ0) is 33.5. The van der Waals surface area contributed by atoms with Gasteiger partial charge in [-0.15, -0.1) is 0 Å². The Hall–Kier alpha value is -1.02. The van der Waals surface area contributed by atoms with Crippen molar-refractivity contribution < 1.29 is 17.0 Å². The molecule has 0 spiro atoms. The summed E-state index contributed by atoms with van der Waals surface area (Å²) in [7, 11) is 2.22. The summed E-state index contributed by atoms with van der Waals surface area (Å²) < 4.78 is 4.97. The number of rotatable bonds is 35. The molecule has 2 nitrogen and oxygen atoms in total. The highest BCUT2D eigenvalue weighted by Crippen LogP contribution is 2.27. The second kappa shape index (κ2) is 33.1. The molecule has 3 heteroatoms. The average molecular weight is 688 g/mol. The molecule has 48 heavy (non-hydrogen) atoms. The lowest BCUT2D eigenvalue weighted by molar-refractivity contribution is -0.645. The molecule has 1 aromatic heterocycles. The van der Waals surface area contributed by atoms with E-state index in [4.69, 9.17) is 0 Å². The number of aryl methyl sites for hydroxylation is 1. The number of hydrogen-bond donors (Lipinski definition) is 0. The van der Waals surface area contributed by atoms with Crippen molar-refractivity contribution in [1.82, 2.24) is 4.57 Å². The summed E-state index contributed by atoms with van der Waals surface area (Å²) in [4.78, 5) is 0. The highest BCUT2D eigenvalue weighted by Gasteiger charge is 2.21. The molecule has 2 aromatic rings. The van der Waals surface area contributed by atoms with Gasteiger partial charge in [0.1, 0.15) is 6.04 Å². The Morgan fingerprint density at radius 1 is 0.438 bits per heavy atom. The van der Waals surface area contributed by atoms with Crippen molar-refractivity contribution in [2.45, 2.75) is 238 Å². The zero-order valence-corrected chi connectivity index (χ0v) is 33.5. The van der Waals surface area contributed by atoms with E-state index in [9.17, 15) is 0 Å². The van der Waals surface area contributed by atoms with E-state index in [0.717, 1.165) is 0 Å². The fraction of sp³-hybridized carbons (Fsp3) is 0.844. The van der Waals surface area contributed by atoms with Gasteiger partial charge >= 0.3 is 0 Å². The first-order valence-corrected chi connectivity index (χ1v) is 21.7. The minimum absolute atomic E-state index is 0. The van der Waals surface area contributed by atoms with Gasteiger partial charge in [-0.25, -0.2) is 9.13 Å². The van der Waals surface area contributed by atoms with E-state index in [2.05, 4.69) is 60.6 Å². The third kappa shape index (κ3) is 22.6. The average Bonchev–Trinajstić information content (AvgIpc) is 3.42. The largest absolute Gasteiger partial charge is 1.00 e. The lowest BCUT2D eigenvalue weighted by atomic mass is 9.99. The number of benzene rings is 1. The van der Waals surface area contributed by atoms with Gasteiger partial charge in [0.15, 0.2) is 11.0 Å². The van der Waals surface area contributed by atoms with E-state index >= 15 is 0 Å². The Bertz CT molecular complexity index is 900. The smallest absolute Gasteiger partial charge is 0.244 e. The summed E-state index contributed by atoms with van der Waals surface area (Å²) >= 11 is 0. The van der Waals surface area contributed by atoms with Crippen LogP contribution in [0.1, 0.15) is 238 Å². The number of aromatic nitrogens is 2. The fourth-order valence-corrected chi connectivity index (χ4v) is 7.86. The molecule has 0 aliphatic rings. The van der Waals surface area contributed by atoms with E-state index in [-0.39, 0.29) is 12.4 Å². The quantitative estimate of drug-likeness (QED) is 0.0504. The van der Waals surface area contributed by atoms with Gasteiger partial charge in [0.05, 0.1) is 7.05 Å². The van der Waals surface area contributed by atoms with Crippen molar-refractivity contribution in [3.8, 4) is 0 Å². The van der Waals surface area contributed by atoms with Gasteiger partial charge < -0.3 is 12.4 Å². The van der Waals surface area contributed by atoms with E-state index < -0.39 is 0 Å². The zero-order valence-electron chi connectivity index (χ0n) is 32.8. The molecule has 0 atom stereocenters. The van der Waals surface area contributed by atoms with Crippen LogP contribution in [0.4, 0.5) is 0 Å². The van der Waals surface area contributed by atoms with Crippen molar-refractivity contribution in [3.05, 3.63) is 30.6 Å². The van der Waals surface area contributed by atoms with Crippen LogP contribution in [0.5, 0.6) is 0 Å². The third-order valence-corrected chi connectivity index (χ3v) is 11.0. The van der Waals surface area contributed by atoms with E-state index in [1.165, 1.54) is 229 Å². The predicted molar refractivity (Wildman–Crippen MR) is 210 cm³/mol. The molecule has 2 rings (SSSR count). The molecule has 1 heterocycles. The highest BCUT2D eigenvalue weighted by molar-refractivity contribution is 5.71. The molecule has 1 aromatic carbocycles. The maximum absolute atomic E-state index is 2.63. The molecule has 0 amide bonds. The van der Waals surface area contributed by atoms with Crippen molar-refractivity contribution in [2.24, 2.45) is 7.05 Å². The first-order valence-electron chi connectivity index (χ1n) is 21.7.